The highest BCUT2D eigenvalue weighted by molar-refractivity contribution is 7.99. The molecule has 6 heteroatoms. The molecular weight excluding hydrogens is 398 g/mol. The number of hydrogen-bond donors (Lipinski definition) is 1. The molecule has 3 unspecified atom stereocenters. The highest BCUT2D eigenvalue weighted by Crippen LogP contribution is 2.39. The van der Waals surface area contributed by atoms with Crippen molar-refractivity contribution in [2.24, 2.45) is 5.92 Å². The number of morpholine rings is 1. The molecule has 1 saturated heterocycles. The normalized spacial score (nSPS) is 25.2. The van der Waals surface area contributed by atoms with E-state index in [2.05, 4.69) is 48.2 Å². The highest BCUT2D eigenvalue weighted by Gasteiger charge is 2.45. The van der Waals surface area contributed by atoms with Gasteiger partial charge in [-0.25, -0.2) is 0 Å². The van der Waals surface area contributed by atoms with Gasteiger partial charge in [0.1, 0.15) is 0 Å². The van der Waals surface area contributed by atoms with Gasteiger partial charge in [0.15, 0.2) is 5.78 Å². The van der Waals surface area contributed by atoms with E-state index in [9.17, 15) is 9.59 Å². The number of nitrogens with zero attached hydrogens (tertiary/aromatic N) is 1. The van der Waals surface area contributed by atoms with Crippen molar-refractivity contribution in [1.82, 2.24) is 4.90 Å². The molecule has 1 heterocycles. The molecule has 1 aromatic carbocycles. The van der Waals surface area contributed by atoms with Gasteiger partial charge in [-0.1, -0.05) is 42.0 Å². The van der Waals surface area contributed by atoms with Crippen LogP contribution >= 0.6 is 11.8 Å². The fourth-order valence-electron chi connectivity index (χ4n) is 4.34. The average molecular weight is 432 g/mol. The molecule has 2 aliphatic rings. The van der Waals surface area contributed by atoms with Crippen LogP contribution in [-0.2, 0) is 20.1 Å². The molecule has 0 amide bonds. The number of ketones is 1. The first-order chi connectivity index (χ1) is 14.5. The Balaban J connectivity index is 1.62. The van der Waals surface area contributed by atoms with E-state index in [1.54, 1.807) is 0 Å². The number of unbranched alkanes of at least 4 members (excludes halogenated alkanes) is 1. The van der Waals surface area contributed by atoms with Crippen LogP contribution in [-0.4, -0.2) is 59.4 Å². The summed E-state index contributed by atoms with van der Waals surface area (Å²) in [6.07, 6.45) is 7.40. The van der Waals surface area contributed by atoms with E-state index in [4.69, 9.17) is 9.84 Å². The molecule has 0 radical (unpaired) electrons. The maximum absolute atomic E-state index is 13.0. The third-order valence-electron chi connectivity index (χ3n) is 5.98. The highest BCUT2D eigenvalue weighted by atomic mass is 32.2. The van der Waals surface area contributed by atoms with Gasteiger partial charge >= 0.3 is 5.97 Å². The summed E-state index contributed by atoms with van der Waals surface area (Å²) >= 11 is 1.90. The van der Waals surface area contributed by atoms with Crippen LogP contribution in [0, 0.1) is 12.8 Å². The summed E-state index contributed by atoms with van der Waals surface area (Å²) in [6, 6.07) is 8.62. The van der Waals surface area contributed by atoms with Crippen molar-refractivity contribution in [3.8, 4) is 0 Å². The van der Waals surface area contributed by atoms with Gasteiger partial charge in [-0.05, 0) is 37.7 Å². The van der Waals surface area contributed by atoms with E-state index in [0.717, 1.165) is 31.7 Å². The van der Waals surface area contributed by atoms with E-state index in [-0.39, 0.29) is 12.5 Å². The standard InChI is InChI=1S/C24H33NO4S/c1-18-8-10-19(11-9-18)17-30-22-16-21(26)24(25-12-14-29-15-13-25)20(22)6-4-2-3-5-7-23(27)28/h2,4,8-11,20,22,24H,3,5-7,12-17H2,1H3,(H,27,28). The summed E-state index contributed by atoms with van der Waals surface area (Å²) in [5.74, 6) is 0.835. The summed E-state index contributed by atoms with van der Waals surface area (Å²) < 4.78 is 5.50. The number of ether oxygens (including phenoxy) is 1. The van der Waals surface area contributed by atoms with Gasteiger partial charge in [0.2, 0.25) is 0 Å². The lowest BCUT2D eigenvalue weighted by Crippen LogP contribution is -2.48. The number of carbonyl (C=O) groups excluding carboxylic acids is 1. The molecule has 30 heavy (non-hydrogen) atoms. The van der Waals surface area contributed by atoms with E-state index in [0.29, 0.717) is 43.0 Å². The molecule has 0 aromatic heterocycles. The van der Waals surface area contributed by atoms with Gasteiger partial charge in [-0.15, -0.1) is 0 Å². The van der Waals surface area contributed by atoms with Crippen LogP contribution in [0.3, 0.4) is 0 Å². The molecule has 2 fully saturated rings. The molecule has 3 rings (SSSR count). The molecule has 1 aliphatic heterocycles. The molecule has 164 valence electrons. The van der Waals surface area contributed by atoms with Crippen LogP contribution < -0.4 is 0 Å². The molecule has 5 nitrogen and oxygen atoms in total. The second-order valence-electron chi connectivity index (χ2n) is 8.26. The van der Waals surface area contributed by atoms with Crippen molar-refractivity contribution in [3.05, 3.63) is 47.5 Å². The Morgan fingerprint density at radius 1 is 1.23 bits per heavy atom. The minimum Gasteiger partial charge on any atom is -0.481 e. The van der Waals surface area contributed by atoms with Gasteiger partial charge in [0, 0.05) is 36.9 Å². The van der Waals surface area contributed by atoms with Gasteiger partial charge in [0.25, 0.3) is 0 Å². The van der Waals surface area contributed by atoms with Crippen molar-refractivity contribution in [2.45, 2.75) is 56.1 Å². The second kappa shape index (κ2) is 11.7. The number of carbonyl (C=O) groups is 2. The van der Waals surface area contributed by atoms with Crippen LogP contribution in [0.4, 0.5) is 0 Å². The second-order valence-corrected chi connectivity index (χ2v) is 9.48. The zero-order valence-corrected chi connectivity index (χ0v) is 18.6. The first kappa shape index (κ1) is 23.0. The summed E-state index contributed by atoms with van der Waals surface area (Å²) in [7, 11) is 0. The van der Waals surface area contributed by atoms with Gasteiger partial charge in [-0.2, -0.15) is 11.8 Å². The first-order valence-electron chi connectivity index (χ1n) is 10.9. The fraction of sp³-hybridized carbons (Fsp3) is 0.583. The Morgan fingerprint density at radius 3 is 2.67 bits per heavy atom. The maximum Gasteiger partial charge on any atom is 0.303 e. The van der Waals surface area contributed by atoms with Crippen molar-refractivity contribution >= 4 is 23.5 Å². The molecule has 3 atom stereocenters. The Morgan fingerprint density at radius 2 is 1.97 bits per heavy atom. The van der Waals surface area contributed by atoms with Gasteiger partial charge < -0.3 is 9.84 Å². The Kier molecular flexibility index (Phi) is 8.97. The number of thioether (sulfide) groups is 1. The van der Waals surface area contributed by atoms with Crippen molar-refractivity contribution in [2.75, 3.05) is 26.3 Å². The molecule has 0 spiro atoms. The predicted octanol–water partition coefficient (Wildman–Crippen LogP) is 4.09. The van der Waals surface area contributed by atoms with Crippen LogP contribution in [0.25, 0.3) is 0 Å². The maximum atomic E-state index is 13.0. The summed E-state index contributed by atoms with van der Waals surface area (Å²) in [6.45, 7) is 5.14. The molecule has 1 aliphatic carbocycles. The van der Waals surface area contributed by atoms with Crippen molar-refractivity contribution < 1.29 is 19.4 Å². The number of Topliss-reactive ketones (excluding diaryl/α,β-unsaturated/α-hetero) is 1. The quantitative estimate of drug-likeness (QED) is 0.445. The molecular formula is C24H33NO4S. The number of benzene rings is 1. The zero-order chi connectivity index (χ0) is 21.3. The topological polar surface area (TPSA) is 66.8 Å². The van der Waals surface area contributed by atoms with Gasteiger partial charge in [0.05, 0.1) is 19.3 Å². The third-order valence-corrected chi connectivity index (χ3v) is 7.42. The average Bonchev–Trinajstić information content (AvgIpc) is 3.05. The number of hydrogen-bond acceptors (Lipinski definition) is 5. The van der Waals surface area contributed by atoms with Crippen LogP contribution in [0.15, 0.2) is 36.4 Å². The lowest BCUT2D eigenvalue weighted by Gasteiger charge is -2.35. The fourth-order valence-corrected chi connectivity index (χ4v) is 5.72. The van der Waals surface area contributed by atoms with Crippen LogP contribution in [0.5, 0.6) is 0 Å². The summed E-state index contributed by atoms with van der Waals surface area (Å²) in [4.78, 5) is 26.0. The predicted molar refractivity (Wildman–Crippen MR) is 121 cm³/mol. The Bertz CT molecular complexity index is 727. The number of carboxylic acids is 1. The van der Waals surface area contributed by atoms with E-state index < -0.39 is 5.97 Å². The number of allylic oxidation sites excluding steroid dienone is 2. The van der Waals surface area contributed by atoms with Crippen LogP contribution in [0.1, 0.15) is 43.2 Å². The van der Waals surface area contributed by atoms with Crippen LogP contribution in [0.2, 0.25) is 0 Å². The van der Waals surface area contributed by atoms with Gasteiger partial charge in [-0.3, -0.25) is 14.5 Å². The largest absolute Gasteiger partial charge is 0.481 e. The van der Waals surface area contributed by atoms with E-state index >= 15 is 0 Å². The molecule has 1 aromatic rings. The minimum absolute atomic E-state index is 0.0203. The lowest BCUT2D eigenvalue weighted by atomic mass is 9.96. The first-order valence-corrected chi connectivity index (χ1v) is 12.0. The Hall–Kier alpha value is -1.63. The van der Waals surface area contributed by atoms with E-state index in [1.807, 2.05) is 11.8 Å². The number of rotatable bonds is 10. The SMILES string of the molecule is Cc1ccc(CSC2CC(=O)C(N3CCOCC3)C2CC=CCCCC(=O)O)cc1. The lowest BCUT2D eigenvalue weighted by molar-refractivity contribution is -0.137. The summed E-state index contributed by atoms with van der Waals surface area (Å²) in [5, 5.41) is 9.09. The number of aryl methyl sites for hydroxylation is 1. The summed E-state index contributed by atoms with van der Waals surface area (Å²) in [5.41, 5.74) is 2.56. The van der Waals surface area contributed by atoms with Crippen molar-refractivity contribution in [3.63, 3.8) is 0 Å². The monoisotopic (exact) mass is 431 g/mol. The van der Waals surface area contributed by atoms with E-state index in [1.165, 1.54) is 11.1 Å². The number of carboxylic acid groups (broad SMARTS) is 1. The number of aliphatic carboxylic acids is 1. The Labute approximate surface area is 183 Å². The molecule has 1 saturated carbocycles. The molecule has 1 N–H and O–H groups in total. The minimum atomic E-state index is -0.746. The smallest absolute Gasteiger partial charge is 0.303 e. The third kappa shape index (κ3) is 6.69. The zero-order valence-electron chi connectivity index (χ0n) is 17.8. The molecule has 0 bridgehead atoms. The van der Waals surface area contributed by atoms with Crippen molar-refractivity contribution in [1.29, 1.82) is 0 Å².